The summed E-state index contributed by atoms with van der Waals surface area (Å²) >= 11 is 1.78. The third-order valence-corrected chi connectivity index (χ3v) is 3.34. The van der Waals surface area contributed by atoms with Gasteiger partial charge in [-0.1, -0.05) is 42.5 Å². The van der Waals surface area contributed by atoms with Crippen LogP contribution in [-0.4, -0.2) is 15.0 Å². The van der Waals surface area contributed by atoms with Crippen LogP contribution in [0.3, 0.4) is 0 Å². The molecular weight excluding hydrogens is 218 g/mol. The summed E-state index contributed by atoms with van der Waals surface area (Å²) < 4.78 is 1.97. The van der Waals surface area contributed by atoms with Gasteiger partial charge in [0.25, 0.3) is 0 Å². The van der Waals surface area contributed by atoms with Crippen molar-refractivity contribution in [2.24, 2.45) is 0 Å². The van der Waals surface area contributed by atoms with Crippen LogP contribution >= 0.6 is 11.8 Å². The lowest BCUT2D eigenvalue weighted by Crippen LogP contribution is -2.00. The fourth-order valence-electron chi connectivity index (χ4n) is 1.46. The van der Waals surface area contributed by atoms with Gasteiger partial charge in [0.05, 0.1) is 6.20 Å². The lowest BCUT2D eigenvalue weighted by atomic mass is 10.2. The van der Waals surface area contributed by atoms with Crippen LogP contribution in [0.5, 0.6) is 0 Å². The lowest BCUT2D eigenvalue weighted by molar-refractivity contribution is 0.541. The zero-order chi connectivity index (χ0) is 11.2. The maximum absolute atomic E-state index is 4.06. The molecule has 2 rings (SSSR count). The molecule has 0 atom stereocenters. The van der Waals surface area contributed by atoms with Crippen molar-refractivity contribution in [3.05, 3.63) is 42.1 Å². The van der Waals surface area contributed by atoms with Gasteiger partial charge in [0.15, 0.2) is 0 Å². The summed E-state index contributed by atoms with van der Waals surface area (Å²) in [7, 11) is 0. The maximum Gasteiger partial charge on any atom is 0.115 e. The van der Waals surface area contributed by atoms with Crippen molar-refractivity contribution in [1.82, 2.24) is 15.0 Å². The number of hydrogen-bond donors (Lipinski definition) is 0. The largest absolute Gasteiger partial charge is 0.239 e. The van der Waals surface area contributed by atoms with Crippen molar-refractivity contribution in [2.75, 3.05) is 0 Å². The number of aromatic nitrogens is 3. The van der Waals surface area contributed by atoms with E-state index in [9.17, 15) is 0 Å². The molecule has 0 N–H and O–H groups in total. The maximum atomic E-state index is 4.06. The Morgan fingerprint density at radius 1 is 1.25 bits per heavy atom. The second kappa shape index (κ2) is 5.70. The second-order valence-corrected chi connectivity index (χ2v) is 4.57. The fraction of sp³-hybridized carbons (Fsp3) is 0.333. The number of hydrogen-bond acceptors (Lipinski definition) is 3. The molecule has 0 radical (unpaired) electrons. The average Bonchev–Trinajstić information content (AvgIpc) is 2.76. The topological polar surface area (TPSA) is 30.7 Å². The van der Waals surface area contributed by atoms with Gasteiger partial charge in [-0.15, -0.1) is 16.9 Å². The van der Waals surface area contributed by atoms with Gasteiger partial charge >= 0.3 is 0 Å². The third-order valence-electron chi connectivity index (χ3n) is 2.25. The van der Waals surface area contributed by atoms with E-state index < -0.39 is 0 Å². The Balaban J connectivity index is 1.97. The molecule has 0 fully saturated rings. The Morgan fingerprint density at radius 2 is 2.06 bits per heavy atom. The highest BCUT2D eigenvalue weighted by Crippen LogP contribution is 2.21. The standard InChI is InChI=1S/C12H15N3S/c1-2-8-15-12(9-13-14-15)16-10-11-6-4-3-5-7-11/h3-7,9H,2,8,10H2,1H3. The minimum Gasteiger partial charge on any atom is -0.239 e. The number of benzene rings is 1. The van der Waals surface area contributed by atoms with Crippen LogP contribution in [0.15, 0.2) is 41.6 Å². The first-order chi connectivity index (χ1) is 7.90. The minimum absolute atomic E-state index is 0.942. The zero-order valence-corrected chi connectivity index (χ0v) is 10.2. The normalized spacial score (nSPS) is 10.6. The van der Waals surface area contributed by atoms with Crippen molar-refractivity contribution >= 4 is 11.8 Å². The van der Waals surface area contributed by atoms with Gasteiger partial charge in [0, 0.05) is 12.3 Å². The Kier molecular flexibility index (Phi) is 3.99. The van der Waals surface area contributed by atoms with Crippen molar-refractivity contribution in [2.45, 2.75) is 30.7 Å². The number of rotatable bonds is 5. The van der Waals surface area contributed by atoms with Crippen LogP contribution in [0.2, 0.25) is 0 Å². The van der Waals surface area contributed by atoms with Crippen molar-refractivity contribution in [1.29, 1.82) is 0 Å². The van der Waals surface area contributed by atoms with Gasteiger partial charge in [0.1, 0.15) is 5.03 Å². The van der Waals surface area contributed by atoms with Crippen LogP contribution in [-0.2, 0) is 12.3 Å². The molecule has 0 aliphatic heterocycles. The molecule has 1 aromatic heterocycles. The van der Waals surface area contributed by atoms with Crippen LogP contribution in [0.1, 0.15) is 18.9 Å². The molecule has 1 heterocycles. The van der Waals surface area contributed by atoms with Crippen LogP contribution in [0, 0.1) is 0 Å². The summed E-state index contributed by atoms with van der Waals surface area (Å²) in [5.41, 5.74) is 1.33. The predicted octanol–water partition coefficient (Wildman–Crippen LogP) is 2.98. The quantitative estimate of drug-likeness (QED) is 0.744. The van der Waals surface area contributed by atoms with E-state index in [1.165, 1.54) is 5.56 Å². The molecule has 16 heavy (non-hydrogen) atoms. The minimum atomic E-state index is 0.942. The highest BCUT2D eigenvalue weighted by Gasteiger charge is 2.03. The summed E-state index contributed by atoms with van der Waals surface area (Å²) in [5.74, 6) is 0.970. The summed E-state index contributed by atoms with van der Waals surface area (Å²) in [4.78, 5) is 0. The van der Waals surface area contributed by atoms with E-state index >= 15 is 0 Å². The first-order valence-electron chi connectivity index (χ1n) is 5.45. The van der Waals surface area contributed by atoms with E-state index in [1.54, 1.807) is 11.8 Å². The van der Waals surface area contributed by atoms with E-state index in [0.29, 0.717) is 0 Å². The molecule has 0 aliphatic rings. The molecular formula is C12H15N3S. The van der Waals surface area contributed by atoms with Crippen LogP contribution < -0.4 is 0 Å². The highest BCUT2D eigenvalue weighted by molar-refractivity contribution is 7.98. The summed E-state index contributed by atoms with van der Waals surface area (Å²) in [6, 6.07) is 10.5. The molecule has 0 spiro atoms. The van der Waals surface area contributed by atoms with Gasteiger partial charge < -0.3 is 0 Å². The molecule has 4 heteroatoms. The van der Waals surface area contributed by atoms with Gasteiger partial charge in [-0.25, -0.2) is 4.68 Å². The lowest BCUT2D eigenvalue weighted by Gasteiger charge is -2.03. The average molecular weight is 233 g/mol. The molecule has 0 aliphatic carbocycles. The van der Waals surface area contributed by atoms with Gasteiger partial charge in [-0.2, -0.15) is 0 Å². The Bertz CT molecular complexity index is 425. The molecule has 84 valence electrons. The van der Waals surface area contributed by atoms with E-state index in [0.717, 1.165) is 23.7 Å². The van der Waals surface area contributed by atoms with Gasteiger partial charge in [-0.05, 0) is 12.0 Å². The number of aryl methyl sites for hydroxylation is 1. The second-order valence-electron chi connectivity index (χ2n) is 3.57. The molecule has 1 aromatic carbocycles. The smallest absolute Gasteiger partial charge is 0.115 e. The van der Waals surface area contributed by atoms with Crippen molar-refractivity contribution in [3.63, 3.8) is 0 Å². The monoisotopic (exact) mass is 233 g/mol. The van der Waals surface area contributed by atoms with Crippen LogP contribution in [0.4, 0.5) is 0 Å². The molecule has 0 saturated carbocycles. The first kappa shape index (κ1) is 11.2. The molecule has 0 saturated heterocycles. The number of nitrogens with zero attached hydrogens (tertiary/aromatic N) is 3. The Hall–Kier alpha value is -1.29. The number of thioether (sulfide) groups is 1. The van der Waals surface area contributed by atoms with Crippen LogP contribution in [0.25, 0.3) is 0 Å². The van der Waals surface area contributed by atoms with Crippen molar-refractivity contribution < 1.29 is 0 Å². The molecule has 3 nitrogen and oxygen atoms in total. The third kappa shape index (κ3) is 2.85. The Morgan fingerprint density at radius 3 is 2.81 bits per heavy atom. The van der Waals surface area contributed by atoms with Crippen molar-refractivity contribution in [3.8, 4) is 0 Å². The van der Waals surface area contributed by atoms with E-state index in [-0.39, 0.29) is 0 Å². The molecule has 2 aromatic rings. The summed E-state index contributed by atoms with van der Waals surface area (Å²) in [6.45, 7) is 3.09. The van der Waals surface area contributed by atoms with Gasteiger partial charge in [0.2, 0.25) is 0 Å². The highest BCUT2D eigenvalue weighted by atomic mass is 32.2. The SMILES string of the molecule is CCCn1nncc1SCc1ccccc1. The van der Waals surface area contributed by atoms with E-state index in [4.69, 9.17) is 0 Å². The van der Waals surface area contributed by atoms with Gasteiger partial charge in [-0.3, -0.25) is 0 Å². The zero-order valence-electron chi connectivity index (χ0n) is 9.34. The summed E-state index contributed by atoms with van der Waals surface area (Å²) in [5, 5.41) is 9.15. The molecule has 0 unspecified atom stereocenters. The molecule has 0 bridgehead atoms. The first-order valence-corrected chi connectivity index (χ1v) is 6.44. The van der Waals surface area contributed by atoms with E-state index in [2.05, 4.69) is 41.5 Å². The van der Waals surface area contributed by atoms with E-state index in [1.807, 2.05) is 16.9 Å². The predicted molar refractivity (Wildman–Crippen MR) is 66.3 cm³/mol. The summed E-state index contributed by atoms with van der Waals surface area (Å²) in [6.07, 6.45) is 2.92. The Labute approximate surface area is 99.9 Å². The molecule has 0 amide bonds. The fourth-order valence-corrected chi connectivity index (χ4v) is 2.36.